The molecule has 2 aliphatic heterocycles. The molecular weight excluding hydrogens is 600 g/mol. The molecule has 2 aromatic heterocycles. The van der Waals surface area contributed by atoms with Crippen molar-refractivity contribution in [2.75, 3.05) is 34.4 Å². The van der Waals surface area contributed by atoms with Gasteiger partial charge in [-0.15, -0.1) is 0 Å². The number of nitrogens with zero attached hydrogens (tertiary/aromatic N) is 2. The van der Waals surface area contributed by atoms with Crippen LogP contribution in [0.2, 0.25) is 0 Å². The second-order valence-corrected chi connectivity index (χ2v) is 12.4. The van der Waals surface area contributed by atoms with E-state index in [0.717, 1.165) is 95.4 Å². The van der Waals surface area contributed by atoms with Crippen LogP contribution in [0.25, 0.3) is 21.8 Å². The molecule has 2 aliphatic rings. The molecule has 8 rings (SSSR count). The van der Waals surface area contributed by atoms with Gasteiger partial charge in [0.1, 0.15) is 17.2 Å². The minimum atomic E-state index is 0.0605. The average molecular weight is 639 g/mol. The van der Waals surface area contributed by atoms with E-state index in [1.165, 1.54) is 21.9 Å². The molecule has 0 atom stereocenters. The number of hydrogen-bond donors (Lipinski definition) is 2. The van der Waals surface area contributed by atoms with Crippen molar-refractivity contribution in [1.82, 2.24) is 9.97 Å². The lowest BCUT2D eigenvalue weighted by atomic mass is 9.84. The van der Waals surface area contributed by atoms with E-state index in [1.807, 2.05) is 48.5 Å². The van der Waals surface area contributed by atoms with Gasteiger partial charge in [0, 0.05) is 47.0 Å². The molecule has 8 nitrogen and oxygen atoms in total. The van der Waals surface area contributed by atoms with Crippen molar-refractivity contribution in [2.45, 2.75) is 31.6 Å². The van der Waals surface area contributed by atoms with Crippen LogP contribution in [-0.4, -0.2) is 55.8 Å². The highest BCUT2D eigenvalue weighted by Gasteiger charge is 2.28. The third-order valence-electron chi connectivity index (χ3n) is 9.64. The van der Waals surface area contributed by atoms with E-state index in [0.29, 0.717) is 11.5 Å². The fourth-order valence-corrected chi connectivity index (χ4v) is 7.25. The number of para-hydroxylation sites is 1. The first-order valence-corrected chi connectivity index (χ1v) is 16.5. The van der Waals surface area contributed by atoms with Gasteiger partial charge in [-0.3, -0.25) is 9.98 Å². The lowest BCUT2D eigenvalue weighted by Crippen LogP contribution is -2.20. The fourth-order valence-electron chi connectivity index (χ4n) is 7.25. The largest absolute Gasteiger partial charge is 0.497 e. The van der Waals surface area contributed by atoms with Crippen LogP contribution in [0.1, 0.15) is 46.8 Å². The Labute approximate surface area is 279 Å². The zero-order valence-electron chi connectivity index (χ0n) is 27.4. The summed E-state index contributed by atoms with van der Waals surface area (Å²) < 4.78 is 23.2. The van der Waals surface area contributed by atoms with Gasteiger partial charge in [-0.2, -0.15) is 0 Å². The Morgan fingerprint density at radius 3 is 1.73 bits per heavy atom. The third kappa shape index (κ3) is 5.47. The first-order valence-electron chi connectivity index (χ1n) is 16.5. The van der Waals surface area contributed by atoms with E-state index in [2.05, 4.69) is 46.4 Å². The number of hydrogen-bond acceptors (Lipinski definition) is 6. The molecule has 0 saturated carbocycles. The Balaban J connectivity index is 1.20. The van der Waals surface area contributed by atoms with Crippen LogP contribution < -0.4 is 18.9 Å². The Kier molecular flexibility index (Phi) is 7.84. The summed E-state index contributed by atoms with van der Waals surface area (Å²) in [5.41, 5.74) is 10.3. The number of aliphatic imine (C=N–C) groups is 2. The van der Waals surface area contributed by atoms with E-state index < -0.39 is 0 Å². The summed E-state index contributed by atoms with van der Waals surface area (Å²) in [5, 5.41) is 2.46. The zero-order chi connectivity index (χ0) is 32.6. The highest BCUT2D eigenvalue weighted by Crippen LogP contribution is 2.40. The summed E-state index contributed by atoms with van der Waals surface area (Å²) in [7, 11) is 5.08. The summed E-state index contributed by atoms with van der Waals surface area (Å²) in [6, 6.07) is 28.6. The number of ether oxygens (including phenoxy) is 4. The maximum absolute atomic E-state index is 6.39. The maximum atomic E-state index is 6.39. The highest BCUT2D eigenvalue weighted by atomic mass is 16.5. The molecule has 6 aromatic rings. The summed E-state index contributed by atoms with van der Waals surface area (Å²) in [4.78, 5) is 17.7. The molecular formula is C40H38N4O4. The van der Waals surface area contributed by atoms with Crippen LogP contribution in [0.3, 0.4) is 0 Å². The van der Waals surface area contributed by atoms with Crippen molar-refractivity contribution in [3.8, 4) is 28.7 Å². The van der Waals surface area contributed by atoms with Gasteiger partial charge in [0.25, 0.3) is 0 Å². The van der Waals surface area contributed by atoms with Gasteiger partial charge in [0.15, 0.2) is 11.5 Å². The van der Waals surface area contributed by atoms with Crippen LogP contribution in [0.5, 0.6) is 28.7 Å². The number of H-pyrrole nitrogens is 2. The summed E-state index contributed by atoms with van der Waals surface area (Å²) >= 11 is 0. The predicted octanol–water partition coefficient (Wildman–Crippen LogP) is 8.42. The lowest BCUT2D eigenvalue weighted by Gasteiger charge is -2.24. The predicted molar refractivity (Wildman–Crippen MR) is 191 cm³/mol. The number of fused-ring (bicyclic) bond motifs is 6. The minimum absolute atomic E-state index is 0.0605. The first-order chi connectivity index (χ1) is 23.6. The Morgan fingerprint density at radius 1 is 0.604 bits per heavy atom. The van der Waals surface area contributed by atoms with Gasteiger partial charge in [0.2, 0.25) is 0 Å². The van der Waals surface area contributed by atoms with E-state index in [1.54, 1.807) is 21.3 Å². The standard InChI is InChI=1S/C40H38N4O4/c1-45-27-10-12-29-31-15-17-41-35(39(31)43-33(29)22-27)19-25(24-9-14-37(47-3)38(21-24)48-26-7-5-4-6-8-26)20-36-40-32(16-18-42-36)30-13-11-28(46-2)23-34(30)44-40/h4-14,21-23,25,43-44H,15-20H2,1-3H3. The molecule has 4 aromatic carbocycles. The van der Waals surface area contributed by atoms with E-state index in [9.17, 15) is 0 Å². The van der Waals surface area contributed by atoms with Crippen LogP contribution in [-0.2, 0) is 12.8 Å². The lowest BCUT2D eigenvalue weighted by molar-refractivity contribution is 0.378. The summed E-state index contributed by atoms with van der Waals surface area (Å²) in [6.07, 6.45) is 3.27. The van der Waals surface area contributed by atoms with Gasteiger partial charge in [-0.25, -0.2) is 0 Å². The van der Waals surface area contributed by atoms with Gasteiger partial charge in [-0.1, -0.05) is 24.3 Å². The molecule has 0 aliphatic carbocycles. The monoisotopic (exact) mass is 638 g/mol. The normalized spacial score (nSPS) is 14.0. The topological polar surface area (TPSA) is 93.2 Å². The molecule has 2 N–H and O–H groups in total. The summed E-state index contributed by atoms with van der Waals surface area (Å²) in [5.74, 6) is 3.86. The number of benzene rings is 4. The number of methoxy groups -OCH3 is 3. The van der Waals surface area contributed by atoms with Gasteiger partial charge in [0.05, 0.1) is 44.1 Å². The second kappa shape index (κ2) is 12.6. The third-order valence-corrected chi connectivity index (χ3v) is 9.64. The second-order valence-electron chi connectivity index (χ2n) is 12.4. The van der Waals surface area contributed by atoms with Crippen LogP contribution in [0, 0.1) is 0 Å². The quantitative estimate of drug-likeness (QED) is 0.158. The van der Waals surface area contributed by atoms with Crippen molar-refractivity contribution in [3.63, 3.8) is 0 Å². The maximum Gasteiger partial charge on any atom is 0.169 e. The Morgan fingerprint density at radius 2 is 1.19 bits per heavy atom. The first kappa shape index (κ1) is 29.9. The van der Waals surface area contributed by atoms with Gasteiger partial charge < -0.3 is 28.9 Å². The molecule has 0 amide bonds. The molecule has 0 spiro atoms. The molecule has 0 radical (unpaired) electrons. The Hall–Kier alpha value is -5.50. The number of rotatable bonds is 10. The molecule has 0 saturated heterocycles. The minimum Gasteiger partial charge on any atom is -0.497 e. The van der Waals surface area contributed by atoms with Crippen LogP contribution >= 0.6 is 0 Å². The van der Waals surface area contributed by atoms with Crippen molar-refractivity contribution in [1.29, 1.82) is 0 Å². The average Bonchev–Trinajstić information content (AvgIpc) is 3.70. The van der Waals surface area contributed by atoms with Crippen molar-refractivity contribution in [3.05, 3.63) is 113 Å². The molecule has 48 heavy (non-hydrogen) atoms. The molecule has 242 valence electrons. The van der Waals surface area contributed by atoms with Gasteiger partial charge in [-0.05, 0) is 96.8 Å². The van der Waals surface area contributed by atoms with E-state index >= 15 is 0 Å². The Bertz CT molecular complexity index is 2080. The zero-order valence-corrected chi connectivity index (χ0v) is 27.4. The highest BCUT2D eigenvalue weighted by molar-refractivity contribution is 6.09. The number of nitrogens with one attached hydrogen (secondary N) is 2. The molecule has 8 heteroatoms. The SMILES string of the molecule is COc1ccc2c3c([nH]c2c1)C(CC(CC1=NCCc2c1[nH]c1cc(OC)ccc21)c1ccc(OC)c(Oc2ccccc2)c1)=NCC3. The molecule has 0 unspecified atom stereocenters. The van der Waals surface area contributed by atoms with E-state index in [-0.39, 0.29) is 5.92 Å². The van der Waals surface area contributed by atoms with E-state index in [4.69, 9.17) is 28.9 Å². The summed E-state index contributed by atoms with van der Waals surface area (Å²) in [6.45, 7) is 1.52. The fraction of sp³-hybridized carbons (Fsp3) is 0.250. The molecule has 0 bridgehead atoms. The van der Waals surface area contributed by atoms with Crippen molar-refractivity contribution in [2.24, 2.45) is 9.98 Å². The molecule has 4 heterocycles. The molecule has 0 fully saturated rings. The van der Waals surface area contributed by atoms with Crippen molar-refractivity contribution >= 4 is 33.2 Å². The van der Waals surface area contributed by atoms with Crippen LogP contribution in [0.15, 0.2) is 94.9 Å². The number of aromatic amines is 2. The smallest absolute Gasteiger partial charge is 0.169 e. The van der Waals surface area contributed by atoms with Crippen LogP contribution in [0.4, 0.5) is 0 Å². The van der Waals surface area contributed by atoms with Gasteiger partial charge >= 0.3 is 0 Å². The number of aromatic nitrogens is 2. The van der Waals surface area contributed by atoms with Crippen molar-refractivity contribution < 1.29 is 18.9 Å².